The van der Waals surface area contributed by atoms with E-state index in [9.17, 15) is 28.8 Å². The van der Waals surface area contributed by atoms with Crippen LogP contribution in [0.4, 0.5) is 22.3 Å². The Bertz CT molecular complexity index is 2520. The lowest BCUT2D eigenvalue weighted by atomic mass is 9.74. The number of aromatic nitrogens is 4. The smallest absolute Gasteiger partial charge is 0.320 e. The molecule has 2 aromatic heterocycles. The molecule has 65 heavy (non-hydrogen) atoms. The number of nitrogens with two attached hydrogens (primary N) is 1. The molecule has 0 saturated carbocycles. The van der Waals surface area contributed by atoms with Crippen molar-refractivity contribution in [1.29, 1.82) is 0 Å². The zero-order valence-corrected chi connectivity index (χ0v) is 36.8. The summed E-state index contributed by atoms with van der Waals surface area (Å²) in [5, 5.41) is 13.7. The van der Waals surface area contributed by atoms with Gasteiger partial charge in [0.05, 0.1) is 17.9 Å². The number of likely N-dealkylation sites (tertiary alicyclic amines) is 1. The van der Waals surface area contributed by atoms with Crippen LogP contribution in [0.25, 0.3) is 0 Å². The van der Waals surface area contributed by atoms with Gasteiger partial charge < -0.3 is 40.0 Å². The van der Waals surface area contributed by atoms with Crippen LogP contribution in [0.1, 0.15) is 107 Å². The third-order valence-electron chi connectivity index (χ3n) is 13.8. The van der Waals surface area contributed by atoms with E-state index < -0.39 is 17.9 Å². The molecule has 5 aliphatic rings. The molecule has 4 fully saturated rings. The average Bonchev–Trinajstić information content (AvgIpc) is 4.00. The molecule has 0 aliphatic carbocycles. The summed E-state index contributed by atoms with van der Waals surface area (Å²) >= 11 is 0. The van der Waals surface area contributed by atoms with Gasteiger partial charge in [-0.1, -0.05) is 42.4 Å². The number of carbonyl (C=O) groups excluding carboxylic acids is 6. The molecule has 0 spiro atoms. The van der Waals surface area contributed by atoms with Gasteiger partial charge in [-0.25, -0.2) is 14.8 Å². The summed E-state index contributed by atoms with van der Waals surface area (Å²) in [5.41, 5.74) is 10.2. The van der Waals surface area contributed by atoms with Crippen LogP contribution in [0.3, 0.4) is 0 Å². The van der Waals surface area contributed by atoms with Crippen molar-refractivity contribution in [2.75, 3.05) is 56.5 Å². The predicted molar refractivity (Wildman–Crippen MR) is 236 cm³/mol. The minimum Gasteiger partial charge on any atom is -0.408 e. The van der Waals surface area contributed by atoms with Crippen molar-refractivity contribution in [3.8, 4) is 0 Å². The zero-order valence-electron chi connectivity index (χ0n) is 36.8. The molecule has 4 aromatic rings. The highest BCUT2D eigenvalue weighted by atomic mass is 16.4. The first-order valence-corrected chi connectivity index (χ1v) is 22.5. The number of primary amides is 1. The largest absolute Gasteiger partial charge is 0.408 e. The van der Waals surface area contributed by atoms with E-state index in [0.29, 0.717) is 86.1 Å². The molecular weight excluding hydrogens is 833 g/mol. The maximum Gasteiger partial charge on any atom is 0.320 e. The molecule has 1 unspecified atom stereocenters. The number of aryl methyl sites for hydroxylation is 1. The Morgan fingerprint density at radius 2 is 1.77 bits per heavy atom. The number of rotatable bonds is 13. The molecule has 4 saturated heterocycles. The van der Waals surface area contributed by atoms with E-state index in [0.717, 1.165) is 44.3 Å². The highest BCUT2D eigenvalue weighted by Crippen LogP contribution is 2.37. The number of hydrogen-bond donors (Lipinski definition) is 3. The van der Waals surface area contributed by atoms with Crippen molar-refractivity contribution in [2.45, 2.75) is 95.2 Å². The van der Waals surface area contributed by atoms with Crippen LogP contribution in [-0.2, 0) is 39.2 Å². The first kappa shape index (κ1) is 43.3. The molecule has 340 valence electrons. The lowest BCUT2D eigenvalue weighted by Gasteiger charge is -2.40. The van der Waals surface area contributed by atoms with E-state index in [-0.39, 0.29) is 66.3 Å². The minimum atomic E-state index is -0.720. The number of piperidine rings is 3. The monoisotopic (exact) mass is 886 g/mol. The van der Waals surface area contributed by atoms with Gasteiger partial charge in [-0.2, -0.15) is 0 Å². The van der Waals surface area contributed by atoms with Crippen LogP contribution in [-0.4, -0.2) is 134 Å². The van der Waals surface area contributed by atoms with Gasteiger partial charge in [0, 0.05) is 95.4 Å². The van der Waals surface area contributed by atoms with Crippen molar-refractivity contribution in [1.82, 2.24) is 45.1 Å². The van der Waals surface area contributed by atoms with Crippen LogP contribution < -0.4 is 21.3 Å². The summed E-state index contributed by atoms with van der Waals surface area (Å²) in [6.45, 7) is 6.59. The second-order valence-electron chi connectivity index (χ2n) is 18.1. The fourth-order valence-electron chi connectivity index (χ4n) is 9.85. The van der Waals surface area contributed by atoms with Crippen LogP contribution >= 0.6 is 0 Å². The van der Waals surface area contributed by atoms with E-state index in [2.05, 4.69) is 61.9 Å². The number of urea groups is 1. The third kappa shape index (κ3) is 8.95. The van der Waals surface area contributed by atoms with Crippen molar-refractivity contribution in [3.05, 3.63) is 88.2 Å². The van der Waals surface area contributed by atoms with Gasteiger partial charge in [0.1, 0.15) is 17.6 Å². The first-order chi connectivity index (χ1) is 31.3. The highest BCUT2D eigenvalue weighted by Gasteiger charge is 2.40. The van der Waals surface area contributed by atoms with Gasteiger partial charge >= 0.3 is 12.0 Å². The molecule has 19 nitrogen and oxygen atoms in total. The number of likely N-dealkylation sites (N-methyl/N-ethyl adjacent to an activating group) is 1. The first-order valence-electron chi connectivity index (χ1n) is 22.5. The molecule has 9 rings (SSSR count). The number of hydrogen-bond acceptors (Lipinski definition) is 13. The molecule has 19 heteroatoms. The fraction of sp³-hybridized carbons (Fsp3) is 0.478. The molecule has 5 aliphatic heterocycles. The number of nitrogens with zero attached hydrogens (tertiary/aromatic N) is 9. The topological polar surface area (TPSA) is 233 Å². The van der Waals surface area contributed by atoms with E-state index in [4.69, 9.17) is 15.1 Å². The molecule has 7 amide bonds. The second kappa shape index (κ2) is 17.9. The maximum absolute atomic E-state index is 13.3. The summed E-state index contributed by atoms with van der Waals surface area (Å²) in [4.78, 5) is 94.5. The Hall–Kier alpha value is -6.92. The molecule has 4 N–H and O–H groups in total. The van der Waals surface area contributed by atoms with E-state index in [1.807, 2.05) is 16.8 Å². The fourth-order valence-corrected chi connectivity index (χ4v) is 9.85. The molecular formula is C46H54N12O7. The zero-order chi connectivity index (χ0) is 45.4. The van der Waals surface area contributed by atoms with E-state index in [1.165, 1.54) is 10.5 Å². The average molecular weight is 887 g/mol. The lowest BCUT2D eigenvalue weighted by molar-refractivity contribution is -0.137. The summed E-state index contributed by atoms with van der Waals surface area (Å²) in [6.07, 6.45) is 7.21. The number of fused-ring (bicyclic) bond motifs is 1. The van der Waals surface area contributed by atoms with Crippen LogP contribution in [0.2, 0.25) is 0 Å². The summed E-state index contributed by atoms with van der Waals surface area (Å²) < 4.78 is 5.86. The third-order valence-corrected chi connectivity index (χ3v) is 13.8. The number of amides is 7. The molecule has 7 heterocycles. The van der Waals surface area contributed by atoms with Gasteiger partial charge in [0.15, 0.2) is 0 Å². The SMILES string of the molecule is CN1CCN([C@@H]2CCCN(c3cnc(C(N)=O)c(Cc4ccc(C5(C)CCN(C(=O)CCCc6nnc(Nc7cccc8c7CN(C7CCC(=O)NC7=O)C8=O)o6)CC5)cc4)n3)C2)C1=O. The molecule has 2 atom stereocenters. The normalized spacial score (nSPS) is 20.9. The van der Waals surface area contributed by atoms with Crippen molar-refractivity contribution < 1.29 is 33.2 Å². The predicted octanol–water partition coefficient (Wildman–Crippen LogP) is 3.29. The van der Waals surface area contributed by atoms with E-state index >= 15 is 0 Å². The van der Waals surface area contributed by atoms with Gasteiger partial charge in [-0.3, -0.25) is 29.3 Å². The summed E-state index contributed by atoms with van der Waals surface area (Å²) in [7, 11) is 1.83. The number of imide groups is 1. The van der Waals surface area contributed by atoms with Crippen LogP contribution in [0, 0.1) is 0 Å². The van der Waals surface area contributed by atoms with Crippen molar-refractivity contribution in [3.63, 3.8) is 0 Å². The Kier molecular flexibility index (Phi) is 11.9. The molecule has 0 radical (unpaired) electrons. The molecule has 0 bridgehead atoms. The Labute approximate surface area is 376 Å². The van der Waals surface area contributed by atoms with Gasteiger partial charge in [-0.05, 0) is 67.2 Å². The van der Waals surface area contributed by atoms with Gasteiger partial charge in [-0.15, -0.1) is 5.10 Å². The second-order valence-corrected chi connectivity index (χ2v) is 18.1. The number of nitrogens with one attached hydrogen (secondary N) is 2. The Balaban J connectivity index is 0.749. The lowest BCUT2D eigenvalue weighted by Crippen LogP contribution is -2.52. The van der Waals surface area contributed by atoms with E-state index in [1.54, 1.807) is 29.3 Å². The number of anilines is 3. The maximum atomic E-state index is 13.3. The Morgan fingerprint density at radius 1 is 0.969 bits per heavy atom. The highest BCUT2D eigenvalue weighted by molar-refractivity contribution is 6.06. The van der Waals surface area contributed by atoms with Crippen LogP contribution in [0.5, 0.6) is 0 Å². The number of carbonyl (C=O) groups is 6. The Morgan fingerprint density at radius 3 is 2.51 bits per heavy atom. The summed E-state index contributed by atoms with van der Waals surface area (Å²) in [5.74, 6) is -0.573. The summed E-state index contributed by atoms with van der Waals surface area (Å²) in [6, 6.07) is 13.2. The van der Waals surface area contributed by atoms with Gasteiger partial charge in [0.25, 0.3) is 11.8 Å². The number of benzene rings is 2. The van der Waals surface area contributed by atoms with Gasteiger partial charge in [0.2, 0.25) is 23.6 Å². The standard InChI is InChI=1S/C46H54N12O7/c1-46(29-13-11-28(12-14-29)24-34-40(41(47)61)48-25-36(49-34)56-19-5-6-30(26-56)57-23-22-54(2)45(57)64)17-20-55(21-18-46)39(60)10-4-9-38-52-53-44(65-38)50-33-8-3-7-31-32(33)27-58(43(31)63)35-15-16-37(59)51-42(35)62/h3,7-8,11-14,25,30,35H,4-6,9-10,15-24,26-27H2,1-2H3,(H2,47,61)(H,50,53)(H,51,59,62)/t30-,35?/m1/s1. The van der Waals surface area contributed by atoms with Crippen molar-refractivity contribution in [2.24, 2.45) is 5.73 Å². The quantitative estimate of drug-likeness (QED) is 0.164. The minimum absolute atomic E-state index is 0.0580. The van der Waals surface area contributed by atoms with Crippen LogP contribution in [0.15, 0.2) is 53.1 Å². The molecule has 2 aromatic carbocycles. The van der Waals surface area contributed by atoms with Crippen molar-refractivity contribution >= 4 is 53.1 Å².